The first-order valence-electron chi connectivity index (χ1n) is 7.35. The van der Waals surface area contributed by atoms with E-state index in [0.29, 0.717) is 19.6 Å². The van der Waals surface area contributed by atoms with Crippen molar-refractivity contribution in [2.75, 3.05) is 13.1 Å². The van der Waals surface area contributed by atoms with Gasteiger partial charge in [0.15, 0.2) is 0 Å². The maximum absolute atomic E-state index is 12.2. The second-order valence-electron chi connectivity index (χ2n) is 4.97. The topological polar surface area (TPSA) is 45.2 Å². The molecular weight excluding hydrogens is 342 g/mol. The number of halogens is 1. The van der Waals surface area contributed by atoms with Gasteiger partial charge in [0.05, 0.1) is 0 Å². The van der Waals surface area contributed by atoms with Crippen LogP contribution in [0.25, 0.3) is 0 Å². The summed E-state index contributed by atoms with van der Waals surface area (Å²) in [5.74, 6) is 0. The Balaban J connectivity index is 1.82. The minimum Gasteiger partial charge on any atom is -0.334 e. The third-order valence-corrected chi connectivity index (χ3v) is 3.97. The molecule has 0 aliphatic rings. The first-order valence-corrected chi connectivity index (χ1v) is 8.14. The van der Waals surface area contributed by atoms with Crippen molar-refractivity contribution < 1.29 is 4.79 Å². The van der Waals surface area contributed by atoms with Crippen molar-refractivity contribution in [2.45, 2.75) is 19.9 Å². The Labute approximate surface area is 139 Å². The fourth-order valence-corrected chi connectivity index (χ4v) is 2.37. The molecule has 0 bridgehead atoms. The van der Waals surface area contributed by atoms with E-state index in [2.05, 4.69) is 26.2 Å². The van der Waals surface area contributed by atoms with E-state index in [4.69, 9.17) is 0 Å². The van der Waals surface area contributed by atoms with Crippen molar-refractivity contribution in [2.24, 2.45) is 0 Å². The number of pyridine rings is 1. The van der Waals surface area contributed by atoms with Crippen LogP contribution < -0.4 is 5.32 Å². The summed E-state index contributed by atoms with van der Waals surface area (Å²) in [7, 11) is 0. The van der Waals surface area contributed by atoms with Crippen LogP contribution in [0.1, 0.15) is 18.1 Å². The molecule has 0 aliphatic carbocycles. The summed E-state index contributed by atoms with van der Waals surface area (Å²) in [6.07, 6.45) is 4.39. The van der Waals surface area contributed by atoms with Crippen LogP contribution in [0.2, 0.25) is 0 Å². The zero-order valence-corrected chi connectivity index (χ0v) is 14.2. The van der Waals surface area contributed by atoms with Crippen molar-refractivity contribution in [3.05, 3.63) is 64.4 Å². The average Bonchev–Trinajstić information content (AvgIpc) is 2.56. The largest absolute Gasteiger partial charge is 0.334 e. The van der Waals surface area contributed by atoms with Gasteiger partial charge in [-0.05, 0) is 48.7 Å². The monoisotopic (exact) mass is 361 g/mol. The summed E-state index contributed by atoms with van der Waals surface area (Å²) in [5.41, 5.74) is 2.27. The molecule has 2 rings (SSSR count). The van der Waals surface area contributed by atoms with Crippen LogP contribution in [0, 0.1) is 0 Å². The number of urea groups is 1. The highest BCUT2D eigenvalue weighted by atomic mass is 79.9. The number of carbonyl (C=O) groups excluding carboxylic acids is 1. The molecular formula is C17H20BrN3O. The lowest BCUT2D eigenvalue weighted by Crippen LogP contribution is -2.40. The lowest BCUT2D eigenvalue weighted by Gasteiger charge is -2.21. The summed E-state index contributed by atoms with van der Waals surface area (Å²) >= 11 is 3.40. The molecule has 1 heterocycles. The second kappa shape index (κ2) is 8.54. The summed E-state index contributed by atoms with van der Waals surface area (Å²) in [6.45, 7) is 3.92. The second-order valence-corrected chi connectivity index (χ2v) is 5.89. The molecule has 0 unspecified atom stereocenters. The maximum atomic E-state index is 12.2. The number of likely N-dealkylation sites (N-methyl/N-ethyl adjacent to an activating group) is 1. The first-order chi connectivity index (χ1) is 10.7. The normalized spacial score (nSPS) is 10.3. The molecule has 5 heteroatoms. The van der Waals surface area contributed by atoms with Crippen molar-refractivity contribution in [1.29, 1.82) is 0 Å². The number of aromatic nitrogens is 1. The van der Waals surface area contributed by atoms with Gasteiger partial charge in [0.1, 0.15) is 0 Å². The number of nitrogens with one attached hydrogen (secondary N) is 1. The Morgan fingerprint density at radius 1 is 1.14 bits per heavy atom. The maximum Gasteiger partial charge on any atom is 0.317 e. The third-order valence-electron chi connectivity index (χ3n) is 3.45. The van der Waals surface area contributed by atoms with Crippen LogP contribution in [-0.4, -0.2) is 29.0 Å². The summed E-state index contributed by atoms with van der Waals surface area (Å²) in [6, 6.07) is 11.9. The molecule has 0 spiro atoms. The minimum atomic E-state index is -0.0283. The van der Waals surface area contributed by atoms with E-state index < -0.39 is 0 Å². The van der Waals surface area contributed by atoms with Gasteiger partial charge >= 0.3 is 6.03 Å². The number of hydrogen-bond donors (Lipinski definition) is 1. The molecule has 2 aromatic rings. The molecule has 116 valence electrons. The van der Waals surface area contributed by atoms with E-state index in [0.717, 1.165) is 16.5 Å². The Hall–Kier alpha value is -1.88. The predicted octanol–water partition coefficient (Wildman–Crippen LogP) is 3.62. The molecule has 1 aromatic heterocycles. The molecule has 22 heavy (non-hydrogen) atoms. The third kappa shape index (κ3) is 5.15. The van der Waals surface area contributed by atoms with Gasteiger partial charge in [0.2, 0.25) is 0 Å². The van der Waals surface area contributed by atoms with E-state index in [1.807, 2.05) is 48.2 Å². The van der Waals surface area contributed by atoms with Crippen LogP contribution in [0.5, 0.6) is 0 Å². The van der Waals surface area contributed by atoms with Crippen LogP contribution in [0.15, 0.2) is 53.3 Å². The highest BCUT2D eigenvalue weighted by Gasteiger charge is 2.10. The minimum absolute atomic E-state index is 0.0283. The lowest BCUT2D eigenvalue weighted by atomic mass is 10.2. The standard InChI is InChI=1S/C17H20BrN3O/c1-2-21(12-9-14-7-10-19-11-8-14)17(22)20-13-15-3-5-16(18)6-4-15/h3-8,10-11H,2,9,12-13H2,1H3,(H,20,22). The van der Waals surface area contributed by atoms with Crippen LogP contribution >= 0.6 is 15.9 Å². The van der Waals surface area contributed by atoms with Crippen molar-refractivity contribution in [3.8, 4) is 0 Å². The SMILES string of the molecule is CCN(CCc1ccncc1)C(=O)NCc1ccc(Br)cc1. The molecule has 0 atom stereocenters. The fourth-order valence-electron chi connectivity index (χ4n) is 2.11. The Bertz CT molecular complexity index is 587. The quantitative estimate of drug-likeness (QED) is 0.853. The molecule has 0 fully saturated rings. The number of benzene rings is 1. The van der Waals surface area contributed by atoms with E-state index in [1.54, 1.807) is 12.4 Å². The number of carbonyl (C=O) groups is 1. The zero-order chi connectivity index (χ0) is 15.8. The van der Waals surface area contributed by atoms with Gasteiger partial charge in [0.25, 0.3) is 0 Å². The zero-order valence-electron chi connectivity index (χ0n) is 12.6. The molecule has 1 aromatic carbocycles. The lowest BCUT2D eigenvalue weighted by molar-refractivity contribution is 0.200. The van der Waals surface area contributed by atoms with E-state index in [9.17, 15) is 4.79 Å². The number of rotatable bonds is 6. The molecule has 0 aliphatic heterocycles. The molecule has 0 radical (unpaired) electrons. The number of nitrogens with zero attached hydrogens (tertiary/aromatic N) is 2. The van der Waals surface area contributed by atoms with Gasteiger partial charge < -0.3 is 10.2 Å². The Kier molecular flexibility index (Phi) is 6.40. The predicted molar refractivity (Wildman–Crippen MR) is 91.6 cm³/mol. The molecule has 0 saturated carbocycles. The van der Waals surface area contributed by atoms with E-state index in [-0.39, 0.29) is 6.03 Å². The summed E-state index contributed by atoms with van der Waals surface area (Å²) < 4.78 is 1.04. The van der Waals surface area contributed by atoms with Gasteiger partial charge in [-0.2, -0.15) is 0 Å². The van der Waals surface area contributed by atoms with Crippen molar-refractivity contribution in [3.63, 3.8) is 0 Å². The molecule has 4 nitrogen and oxygen atoms in total. The van der Waals surface area contributed by atoms with Crippen LogP contribution in [0.4, 0.5) is 4.79 Å². The van der Waals surface area contributed by atoms with Crippen molar-refractivity contribution in [1.82, 2.24) is 15.2 Å². The highest BCUT2D eigenvalue weighted by Crippen LogP contribution is 2.10. The van der Waals surface area contributed by atoms with Gasteiger partial charge in [-0.1, -0.05) is 28.1 Å². The van der Waals surface area contributed by atoms with E-state index >= 15 is 0 Å². The van der Waals surface area contributed by atoms with Crippen LogP contribution in [-0.2, 0) is 13.0 Å². The van der Waals surface area contributed by atoms with E-state index in [1.165, 1.54) is 5.56 Å². The smallest absolute Gasteiger partial charge is 0.317 e. The summed E-state index contributed by atoms with van der Waals surface area (Å²) in [5, 5.41) is 2.97. The van der Waals surface area contributed by atoms with Crippen molar-refractivity contribution >= 4 is 22.0 Å². The highest BCUT2D eigenvalue weighted by molar-refractivity contribution is 9.10. The van der Waals surface area contributed by atoms with Gasteiger partial charge in [-0.15, -0.1) is 0 Å². The van der Waals surface area contributed by atoms with Gasteiger partial charge in [-0.25, -0.2) is 4.79 Å². The average molecular weight is 362 g/mol. The summed E-state index contributed by atoms with van der Waals surface area (Å²) in [4.78, 5) is 18.0. The number of hydrogen-bond acceptors (Lipinski definition) is 2. The number of amides is 2. The molecule has 2 amide bonds. The van der Waals surface area contributed by atoms with Gasteiger partial charge in [0, 0.05) is 36.5 Å². The van der Waals surface area contributed by atoms with Gasteiger partial charge in [-0.3, -0.25) is 4.98 Å². The first kappa shape index (κ1) is 16.5. The molecule has 1 N–H and O–H groups in total. The Morgan fingerprint density at radius 2 is 1.82 bits per heavy atom. The Morgan fingerprint density at radius 3 is 2.45 bits per heavy atom. The van der Waals surface area contributed by atoms with Crippen LogP contribution in [0.3, 0.4) is 0 Å². The molecule has 0 saturated heterocycles. The fraction of sp³-hybridized carbons (Fsp3) is 0.294.